The zero-order chi connectivity index (χ0) is 20.2. The fourth-order valence-electron chi connectivity index (χ4n) is 4.05. The molecule has 29 heavy (non-hydrogen) atoms. The van der Waals surface area contributed by atoms with E-state index in [2.05, 4.69) is 54.0 Å². The number of carbonyl (C=O) groups is 1. The summed E-state index contributed by atoms with van der Waals surface area (Å²) in [5, 5.41) is 0. The maximum Gasteiger partial charge on any atom is 0.254 e. The Morgan fingerprint density at radius 1 is 0.862 bits per heavy atom. The fourth-order valence-corrected chi connectivity index (χ4v) is 4.05. The van der Waals surface area contributed by atoms with E-state index in [1.807, 2.05) is 17.0 Å². The van der Waals surface area contributed by atoms with Gasteiger partial charge in [-0.15, -0.1) is 0 Å². The first-order valence-corrected chi connectivity index (χ1v) is 10.6. The Balaban J connectivity index is 1.30. The summed E-state index contributed by atoms with van der Waals surface area (Å²) in [6.45, 7) is 12.1. The van der Waals surface area contributed by atoms with Gasteiger partial charge < -0.3 is 14.5 Å². The highest BCUT2D eigenvalue weighted by molar-refractivity contribution is 5.94. The summed E-state index contributed by atoms with van der Waals surface area (Å²) >= 11 is 0. The third-order valence-corrected chi connectivity index (χ3v) is 6.13. The molecule has 0 aromatic heterocycles. The van der Waals surface area contributed by atoms with Crippen LogP contribution in [0.4, 0.5) is 5.69 Å². The minimum absolute atomic E-state index is 0.113. The van der Waals surface area contributed by atoms with Crippen molar-refractivity contribution < 1.29 is 9.53 Å². The SMILES string of the molecule is Cc1ccc(N2CCN(Cc3ccc(C(=O)N4CCOCC4)cc3)CC2)cc1C. The summed E-state index contributed by atoms with van der Waals surface area (Å²) in [6, 6.07) is 14.9. The van der Waals surface area contributed by atoms with Gasteiger partial charge in [-0.25, -0.2) is 0 Å². The number of ether oxygens (including phenoxy) is 1. The summed E-state index contributed by atoms with van der Waals surface area (Å²) in [4.78, 5) is 19.4. The second-order valence-electron chi connectivity index (χ2n) is 8.13. The average molecular weight is 394 g/mol. The van der Waals surface area contributed by atoms with Gasteiger partial charge in [0.1, 0.15) is 0 Å². The summed E-state index contributed by atoms with van der Waals surface area (Å²) in [6.07, 6.45) is 0. The van der Waals surface area contributed by atoms with Crippen molar-refractivity contribution in [3.05, 3.63) is 64.7 Å². The average Bonchev–Trinajstić information content (AvgIpc) is 2.77. The Bertz CT molecular complexity index is 836. The zero-order valence-electron chi connectivity index (χ0n) is 17.6. The first kappa shape index (κ1) is 19.9. The highest BCUT2D eigenvalue weighted by atomic mass is 16.5. The molecule has 0 aliphatic carbocycles. The van der Waals surface area contributed by atoms with E-state index in [4.69, 9.17) is 4.74 Å². The third-order valence-electron chi connectivity index (χ3n) is 6.13. The first-order valence-electron chi connectivity index (χ1n) is 10.6. The van der Waals surface area contributed by atoms with Crippen molar-refractivity contribution in [1.29, 1.82) is 0 Å². The second kappa shape index (κ2) is 8.97. The van der Waals surface area contributed by atoms with Crippen molar-refractivity contribution in [2.24, 2.45) is 0 Å². The molecule has 1 amide bonds. The molecule has 5 nitrogen and oxygen atoms in total. The summed E-state index contributed by atoms with van der Waals surface area (Å²) in [7, 11) is 0. The molecule has 0 radical (unpaired) electrons. The summed E-state index contributed by atoms with van der Waals surface area (Å²) < 4.78 is 5.33. The van der Waals surface area contributed by atoms with Crippen LogP contribution in [0.25, 0.3) is 0 Å². The molecule has 0 saturated carbocycles. The maximum absolute atomic E-state index is 12.6. The fraction of sp³-hybridized carbons (Fsp3) is 0.458. The number of nitrogens with zero attached hydrogens (tertiary/aromatic N) is 3. The Morgan fingerprint density at radius 3 is 2.21 bits per heavy atom. The van der Waals surface area contributed by atoms with Crippen molar-refractivity contribution in [2.45, 2.75) is 20.4 Å². The van der Waals surface area contributed by atoms with Gasteiger partial charge in [-0.2, -0.15) is 0 Å². The third kappa shape index (κ3) is 4.80. The number of aryl methyl sites for hydroxylation is 2. The van der Waals surface area contributed by atoms with E-state index < -0.39 is 0 Å². The van der Waals surface area contributed by atoms with E-state index in [9.17, 15) is 4.79 Å². The van der Waals surface area contributed by atoms with E-state index in [1.165, 1.54) is 22.4 Å². The topological polar surface area (TPSA) is 36.0 Å². The van der Waals surface area contributed by atoms with Crippen molar-refractivity contribution in [3.8, 4) is 0 Å². The Labute approximate surface area is 173 Å². The van der Waals surface area contributed by atoms with Crippen LogP contribution in [-0.4, -0.2) is 68.2 Å². The van der Waals surface area contributed by atoms with Crippen LogP contribution in [-0.2, 0) is 11.3 Å². The van der Waals surface area contributed by atoms with E-state index >= 15 is 0 Å². The number of hydrogen-bond donors (Lipinski definition) is 0. The minimum atomic E-state index is 0.113. The standard InChI is InChI=1S/C24H31N3O2/c1-19-3-8-23(17-20(19)2)26-11-9-25(10-12-26)18-21-4-6-22(7-5-21)24(28)27-13-15-29-16-14-27/h3-8,17H,9-16,18H2,1-2H3. The lowest BCUT2D eigenvalue weighted by atomic mass is 10.1. The van der Waals surface area contributed by atoms with Gasteiger partial charge in [-0.1, -0.05) is 18.2 Å². The smallest absolute Gasteiger partial charge is 0.254 e. The van der Waals surface area contributed by atoms with Gasteiger partial charge >= 0.3 is 0 Å². The quantitative estimate of drug-likeness (QED) is 0.800. The summed E-state index contributed by atoms with van der Waals surface area (Å²) in [5.41, 5.74) is 6.08. The molecule has 2 aliphatic heterocycles. The number of morpholine rings is 1. The van der Waals surface area contributed by atoms with Crippen LogP contribution in [0.3, 0.4) is 0 Å². The van der Waals surface area contributed by atoms with Gasteiger partial charge in [0, 0.05) is 57.1 Å². The Morgan fingerprint density at radius 2 is 1.55 bits per heavy atom. The van der Waals surface area contributed by atoms with Crippen LogP contribution in [0.1, 0.15) is 27.0 Å². The number of anilines is 1. The van der Waals surface area contributed by atoms with Crippen LogP contribution < -0.4 is 4.90 Å². The zero-order valence-corrected chi connectivity index (χ0v) is 17.6. The number of carbonyl (C=O) groups excluding carboxylic acids is 1. The number of amides is 1. The van der Waals surface area contributed by atoms with Gasteiger partial charge in [-0.05, 0) is 54.8 Å². The first-order chi connectivity index (χ1) is 14.1. The Kier molecular flexibility index (Phi) is 6.16. The maximum atomic E-state index is 12.6. The second-order valence-corrected chi connectivity index (χ2v) is 8.13. The minimum Gasteiger partial charge on any atom is -0.378 e. The molecule has 2 aliphatic rings. The number of benzene rings is 2. The van der Waals surface area contributed by atoms with Crippen molar-refractivity contribution in [1.82, 2.24) is 9.80 Å². The van der Waals surface area contributed by atoms with Crippen molar-refractivity contribution >= 4 is 11.6 Å². The number of piperazine rings is 1. The molecular weight excluding hydrogens is 362 g/mol. The molecule has 0 atom stereocenters. The molecule has 2 aromatic rings. The Hall–Kier alpha value is -2.37. The molecule has 154 valence electrons. The van der Waals surface area contributed by atoms with Crippen molar-refractivity contribution in [3.63, 3.8) is 0 Å². The molecule has 2 saturated heterocycles. The van der Waals surface area contributed by atoms with Crippen LogP contribution in [0.5, 0.6) is 0 Å². The van der Waals surface area contributed by atoms with Crippen LogP contribution in [0.15, 0.2) is 42.5 Å². The van der Waals surface area contributed by atoms with Gasteiger partial charge in [0.2, 0.25) is 0 Å². The molecule has 2 aromatic carbocycles. The molecule has 0 N–H and O–H groups in total. The van der Waals surface area contributed by atoms with Crippen LogP contribution in [0.2, 0.25) is 0 Å². The van der Waals surface area contributed by atoms with E-state index in [-0.39, 0.29) is 5.91 Å². The van der Waals surface area contributed by atoms with Crippen molar-refractivity contribution in [2.75, 3.05) is 57.4 Å². The van der Waals surface area contributed by atoms with Gasteiger partial charge in [0.15, 0.2) is 0 Å². The lowest BCUT2D eigenvalue weighted by Gasteiger charge is -2.36. The van der Waals surface area contributed by atoms with E-state index in [0.717, 1.165) is 38.3 Å². The normalized spacial score (nSPS) is 18.1. The number of hydrogen-bond acceptors (Lipinski definition) is 4. The molecule has 4 rings (SSSR count). The highest BCUT2D eigenvalue weighted by Crippen LogP contribution is 2.21. The predicted molar refractivity (Wildman–Crippen MR) is 117 cm³/mol. The predicted octanol–water partition coefficient (Wildman–Crippen LogP) is 3.10. The molecule has 2 heterocycles. The molecular formula is C24H31N3O2. The largest absolute Gasteiger partial charge is 0.378 e. The molecule has 5 heteroatoms. The molecule has 0 bridgehead atoms. The van der Waals surface area contributed by atoms with E-state index in [1.54, 1.807) is 0 Å². The van der Waals surface area contributed by atoms with Gasteiger partial charge in [-0.3, -0.25) is 9.69 Å². The highest BCUT2D eigenvalue weighted by Gasteiger charge is 2.20. The van der Waals surface area contributed by atoms with Gasteiger partial charge in [0.25, 0.3) is 5.91 Å². The monoisotopic (exact) mass is 393 g/mol. The lowest BCUT2D eigenvalue weighted by molar-refractivity contribution is 0.0303. The van der Waals surface area contributed by atoms with Crippen LogP contribution in [0, 0.1) is 13.8 Å². The number of rotatable bonds is 4. The lowest BCUT2D eigenvalue weighted by Crippen LogP contribution is -2.46. The molecule has 0 spiro atoms. The van der Waals surface area contributed by atoms with Crippen LogP contribution >= 0.6 is 0 Å². The van der Waals surface area contributed by atoms with E-state index in [0.29, 0.717) is 26.3 Å². The molecule has 2 fully saturated rings. The molecule has 0 unspecified atom stereocenters. The summed E-state index contributed by atoms with van der Waals surface area (Å²) in [5.74, 6) is 0.113. The van der Waals surface area contributed by atoms with Gasteiger partial charge in [0.05, 0.1) is 13.2 Å².